The zero-order chi connectivity index (χ0) is 13.6. The van der Waals surface area contributed by atoms with Crippen LogP contribution in [-0.2, 0) is 0 Å². The SMILES string of the molecule is CCC(O)(CC)CNc1cc(OC(C)C)ncn1. The van der Waals surface area contributed by atoms with Gasteiger partial charge in [0.25, 0.3) is 0 Å². The Balaban J connectivity index is 2.62. The Morgan fingerprint density at radius 1 is 1.33 bits per heavy atom. The van der Waals surface area contributed by atoms with Crippen LogP contribution in [0.3, 0.4) is 0 Å². The highest BCUT2D eigenvalue weighted by Gasteiger charge is 2.21. The molecule has 5 nitrogen and oxygen atoms in total. The molecular formula is C13H23N3O2. The van der Waals surface area contributed by atoms with Crippen LogP contribution in [0, 0.1) is 0 Å². The van der Waals surface area contributed by atoms with E-state index in [1.807, 2.05) is 27.7 Å². The van der Waals surface area contributed by atoms with Gasteiger partial charge in [-0.25, -0.2) is 9.97 Å². The Labute approximate surface area is 109 Å². The monoisotopic (exact) mass is 253 g/mol. The Morgan fingerprint density at radius 3 is 2.56 bits per heavy atom. The number of hydrogen-bond acceptors (Lipinski definition) is 5. The minimum atomic E-state index is -0.690. The smallest absolute Gasteiger partial charge is 0.218 e. The highest BCUT2D eigenvalue weighted by molar-refractivity contribution is 5.37. The molecular weight excluding hydrogens is 230 g/mol. The lowest BCUT2D eigenvalue weighted by Crippen LogP contribution is -2.35. The summed E-state index contributed by atoms with van der Waals surface area (Å²) in [4.78, 5) is 8.13. The fourth-order valence-corrected chi connectivity index (χ4v) is 1.50. The number of aromatic nitrogens is 2. The predicted molar refractivity (Wildman–Crippen MR) is 71.8 cm³/mol. The fourth-order valence-electron chi connectivity index (χ4n) is 1.50. The first-order valence-corrected chi connectivity index (χ1v) is 6.44. The van der Waals surface area contributed by atoms with Crippen LogP contribution in [0.5, 0.6) is 5.88 Å². The minimum Gasteiger partial charge on any atom is -0.475 e. The maximum atomic E-state index is 10.2. The molecule has 2 N–H and O–H groups in total. The van der Waals surface area contributed by atoms with Crippen molar-refractivity contribution in [2.24, 2.45) is 0 Å². The summed E-state index contributed by atoms with van der Waals surface area (Å²) in [5.74, 6) is 1.21. The molecule has 0 atom stereocenters. The summed E-state index contributed by atoms with van der Waals surface area (Å²) in [6.07, 6.45) is 2.95. The molecule has 5 heteroatoms. The van der Waals surface area contributed by atoms with Crippen molar-refractivity contribution in [3.05, 3.63) is 12.4 Å². The van der Waals surface area contributed by atoms with Crippen molar-refractivity contribution in [3.63, 3.8) is 0 Å². The van der Waals surface area contributed by atoms with Crippen molar-refractivity contribution < 1.29 is 9.84 Å². The molecule has 1 aromatic rings. The van der Waals surface area contributed by atoms with Gasteiger partial charge in [-0.3, -0.25) is 0 Å². The first-order chi connectivity index (χ1) is 8.49. The van der Waals surface area contributed by atoms with Gasteiger partial charge < -0.3 is 15.2 Å². The van der Waals surface area contributed by atoms with E-state index in [9.17, 15) is 5.11 Å². The normalized spacial score (nSPS) is 11.7. The molecule has 0 aliphatic carbocycles. The van der Waals surface area contributed by atoms with Crippen LogP contribution < -0.4 is 10.1 Å². The molecule has 0 amide bonds. The zero-order valence-corrected chi connectivity index (χ0v) is 11.6. The minimum absolute atomic E-state index is 0.0796. The number of hydrogen-bond donors (Lipinski definition) is 2. The van der Waals surface area contributed by atoms with E-state index < -0.39 is 5.60 Å². The van der Waals surface area contributed by atoms with Gasteiger partial charge in [-0.05, 0) is 26.7 Å². The van der Waals surface area contributed by atoms with E-state index in [0.29, 0.717) is 31.1 Å². The molecule has 0 spiro atoms. The quantitative estimate of drug-likeness (QED) is 0.780. The molecule has 0 aliphatic heterocycles. The van der Waals surface area contributed by atoms with E-state index in [0.717, 1.165) is 0 Å². The van der Waals surface area contributed by atoms with Crippen LogP contribution in [0.2, 0.25) is 0 Å². The van der Waals surface area contributed by atoms with Crippen LogP contribution >= 0.6 is 0 Å². The van der Waals surface area contributed by atoms with Crippen LogP contribution in [-0.4, -0.2) is 33.3 Å². The molecule has 102 valence electrons. The van der Waals surface area contributed by atoms with Crippen molar-refractivity contribution in [1.82, 2.24) is 9.97 Å². The number of rotatable bonds is 7. The molecule has 0 unspecified atom stereocenters. The fraction of sp³-hybridized carbons (Fsp3) is 0.692. The lowest BCUT2D eigenvalue weighted by molar-refractivity contribution is 0.0456. The zero-order valence-electron chi connectivity index (χ0n) is 11.6. The van der Waals surface area contributed by atoms with Gasteiger partial charge in [-0.15, -0.1) is 0 Å². The first-order valence-electron chi connectivity index (χ1n) is 6.44. The summed E-state index contributed by atoms with van der Waals surface area (Å²) in [6.45, 7) is 8.30. The lowest BCUT2D eigenvalue weighted by atomic mass is 9.98. The average molecular weight is 253 g/mol. The van der Waals surface area contributed by atoms with Crippen molar-refractivity contribution in [3.8, 4) is 5.88 Å². The number of nitrogens with zero attached hydrogens (tertiary/aromatic N) is 2. The summed E-state index contributed by atoms with van der Waals surface area (Å²) >= 11 is 0. The third-order valence-electron chi connectivity index (χ3n) is 2.91. The number of aliphatic hydroxyl groups is 1. The van der Waals surface area contributed by atoms with E-state index in [-0.39, 0.29) is 6.10 Å². The van der Waals surface area contributed by atoms with Crippen molar-refractivity contribution >= 4 is 5.82 Å². The first kappa shape index (κ1) is 14.7. The molecule has 18 heavy (non-hydrogen) atoms. The van der Waals surface area contributed by atoms with Crippen molar-refractivity contribution in [1.29, 1.82) is 0 Å². The summed E-state index contributed by atoms with van der Waals surface area (Å²) in [5.41, 5.74) is -0.690. The number of anilines is 1. The summed E-state index contributed by atoms with van der Waals surface area (Å²) in [6, 6.07) is 1.74. The van der Waals surface area contributed by atoms with Crippen molar-refractivity contribution in [2.75, 3.05) is 11.9 Å². The molecule has 0 saturated carbocycles. The Morgan fingerprint density at radius 2 is 2.00 bits per heavy atom. The van der Waals surface area contributed by atoms with E-state index >= 15 is 0 Å². The van der Waals surface area contributed by atoms with Gasteiger partial charge in [0, 0.05) is 12.6 Å². The molecule has 0 saturated heterocycles. The maximum absolute atomic E-state index is 10.2. The molecule has 1 heterocycles. The van der Waals surface area contributed by atoms with Crippen LogP contribution in [0.4, 0.5) is 5.82 Å². The molecule has 1 rings (SSSR count). The number of nitrogens with one attached hydrogen (secondary N) is 1. The molecule has 0 radical (unpaired) electrons. The van der Waals surface area contributed by atoms with Gasteiger partial charge in [0.15, 0.2) is 0 Å². The number of ether oxygens (including phenoxy) is 1. The lowest BCUT2D eigenvalue weighted by Gasteiger charge is -2.25. The second kappa shape index (κ2) is 6.54. The maximum Gasteiger partial charge on any atom is 0.218 e. The van der Waals surface area contributed by atoms with E-state index in [4.69, 9.17) is 4.74 Å². The molecule has 0 aliphatic rings. The topological polar surface area (TPSA) is 67.3 Å². The second-order valence-electron chi connectivity index (χ2n) is 4.69. The summed E-state index contributed by atoms with van der Waals surface area (Å²) < 4.78 is 5.49. The van der Waals surface area contributed by atoms with Crippen LogP contribution in [0.1, 0.15) is 40.5 Å². The van der Waals surface area contributed by atoms with Gasteiger partial charge in [0.1, 0.15) is 12.1 Å². The highest BCUT2D eigenvalue weighted by atomic mass is 16.5. The molecule has 1 aromatic heterocycles. The average Bonchev–Trinajstić information content (AvgIpc) is 2.36. The predicted octanol–water partition coefficient (Wildman–Crippen LogP) is 2.23. The third-order valence-corrected chi connectivity index (χ3v) is 2.91. The van der Waals surface area contributed by atoms with Gasteiger partial charge in [-0.2, -0.15) is 0 Å². The Kier molecular flexibility index (Phi) is 5.34. The molecule has 0 aromatic carbocycles. The van der Waals surface area contributed by atoms with E-state index in [2.05, 4.69) is 15.3 Å². The summed E-state index contributed by atoms with van der Waals surface area (Å²) in [5, 5.41) is 13.3. The largest absolute Gasteiger partial charge is 0.475 e. The molecule has 0 fully saturated rings. The van der Waals surface area contributed by atoms with Gasteiger partial charge in [0.05, 0.1) is 11.7 Å². The Hall–Kier alpha value is -1.36. The molecule has 0 bridgehead atoms. The van der Waals surface area contributed by atoms with E-state index in [1.54, 1.807) is 6.07 Å². The second-order valence-corrected chi connectivity index (χ2v) is 4.69. The standard InChI is InChI=1S/C13H23N3O2/c1-5-13(17,6-2)8-14-11-7-12(16-9-15-11)18-10(3)4/h7,9-10,17H,5-6,8H2,1-4H3,(H,14,15,16). The van der Waals surface area contributed by atoms with Crippen LogP contribution in [0.15, 0.2) is 12.4 Å². The van der Waals surface area contributed by atoms with Gasteiger partial charge >= 0.3 is 0 Å². The van der Waals surface area contributed by atoms with Gasteiger partial charge in [-0.1, -0.05) is 13.8 Å². The van der Waals surface area contributed by atoms with Crippen LogP contribution in [0.25, 0.3) is 0 Å². The highest BCUT2D eigenvalue weighted by Crippen LogP contribution is 2.17. The van der Waals surface area contributed by atoms with Crippen molar-refractivity contribution in [2.45, 2.75) is 52.2 Å². The third kappa shape index (κ3) is 4.49. The van der Waals surface area contributed by atoms with Gasteiger partial charge in [0.2, 0.25) is 5.88 Å². The Bertz CT molecular complexity index is 365. The summed E-state index contributed by atoms with van der Waals surface area (Å²) in [7, 11) is 0. The van der Waals surface area contributed by atoms with E-state index in [1.165, 1.54) is 6.33 Å².